The lowest BCUT2D eigenvalue weighted by atomic mass is 10.3. The Morgan fingerprint density at radius 3 is 2.53 bits per heavy atom. The summed E-state index contributed by atoms with van der Waals surface area (Å²) < 4.78 is 13.3. The summed E-state index contributed by atoms with van der Waals surface area (Å²) in [5.74, 6) is -0.337. The van der Waals surface area contributed by atoms with Crippen LogP contribution in [0, 0.1) is 5.82 Å². The topological polar surface area (TPSA) is 55.1 Å². The quantitative estimate of drug-likeness (QED) is 0.666. The van der Waals surface area contributed by atoms with E-state index in [4.69, 9.17) is 5.73 Å². The summed E-state index contributed by atoms with van der Waals surface area (Å²) in [5.41, 5.74) is 6.86. The molecule has 3 nitrogen and oxygen atoms in total. The van der Waals surface area contributed by atoms with Crippen molar-refractivity contribution in [1.82, 2.24) is 0 Å². The van der Waals surface area contributed by atoms with Crippen LogP contribution in [-0.2, 0) is 4.79 Å². The second-order valence-corrected chi connectivity index (χ2v) is 4.91. The van der Waals surface area contributed by atoms with Crippen molar-refractivity contribution in [2.45, 2.75) is 4.90 Å². The van der Waals surface area contributed by atoms with Gasteiger partial charge in [-0.2, -0.15) is 0 Å². The average molecular weight is 276 g/mol. The van der Waals surface area contributed by atoms with E-state index in [-0.39, 0.29) is 17.5 Å². The van der Waals surface area contributed by atoms with Gasteiger partial charge in [0.2, 0.25) is 5.91 Å². The molecule has 0 radical (unpaired) electrons. The molecule has 0 spiro atoms. The van der Waals surface area contributed by atoms with Gasteiger partial charge in [0.25, 0.3) is 0 Å². The molecule has 0 saturated heterocycles. The van der Waals surface area contributed by atoms with Gasteiger partial charge >= 0.3 is 0 Å². The standard InChI is InChI=1S/C14H13FN2OS/c15-12-3-1-2-4-13(12)19-9-14(18)17-11-7-5-10(16)6-8-11/h1-8H,9,16H2,(H,17,18). The predicted octanol–water partition coefficient (Wildman–Crippen LogP) is 3.14. The SMILES string of the molecule is Nc1ccc(NC(=O)CSc2ccccc2F)cc1. The minimum atomic E-state index is -0.312. The minimum absolute atomic E-state index is 0.158. The lowest BCUT2D eigenvalue weighted by molar-refractivity contribution is -0.113. The zero-order chi connectivity index (χ0) is 13.7. The number of anilines is 2. The molecule has 1 amide bonds. The van der Waals surface area contributed by atoms with E-state index in [1.807, 2.05) is 0 Å². The zero-order valence-corrected chi connectivity index (χ0v) is 10.9. The van der Waals surface area contributed by atoms with Gasteiger partial charge in [-0.1, -0.05) is 12.1 Å². The fourth-order valence-electron chi connectivity index (χ4n) is 1.47. The average Bonchev–Trinajstić information content (AvgIpc) is 2.40. The third-order valence-corrected chi connectivity index (χ3v) is 3.44. The molecular formula is C14H13FN2OS. The van der Waals surface area contributed by atoms with E-state index in [0.29, 0.717) is 16.3 Å². The molecule has 0 bridgehead atoms. The van der Waals surface area contributed by atoms with E-state index in [1.54, 1.807) is 42.5 Å². The van der Waals surface area contributed by atoms with E-state index >= 15 is 0 Å². The molecule has 0 aliphatic carbocycles. The van der Waals surface area contributed by atoms with Crippen molar-refractivity contribution in [1.29, 1.82) is 0 Å². The first kappa shape index (κ1) is 13.4. The Morgan fingerprint density at radius 1 is 1.16 bits per heavy atom. The van der Waals surface area contributed by atoms with Gasteiger partial charge in [-0.15, -0.1) is 11.8 Å². The Hall–Kier alpha value is -2.01. The Balaban J connectivity index is 1.88. The zero-order valence-electron chi connectivity index (χ0n) is 10.1. The van der Waals surface area contributed by atoms with E-state index in [9.17, 15) is 9.18 Å². The van der Waals surface area contributed by atoms with Crippen LogP contribution in [0.5, 0.6) is 0 Å². The van der Waals surface area contributed by atoms with Gasteiger partial charge in [0.15, 0.2) is 0 Å². The van der Waals surface area contributed by atoms with Crippen LogP contribution < -0.4 is 11.1 Å². The number of nitrogens with two attached hydrogens (primary N) is 1. The van der Waals surface area contributed by atoms with Crippen LogP contribution in [0.25, 0.3) is 0 Å². The van der Waals surface area contributed by atoms with Crippen LogP contribution in [0.3, 0.4) is 0 Å². The van der Waals surface area contributed by atoms with Gasteiger partial charge in [-0.25, -0.2) is 4.39 Å². The number of carbonyl (C=O) groups excluding carboxylic acids is 1. The molecule has 2 aromatic carbocycles. The van der Waals surface area contributed by atoms with Crippen molar-refractivity contribution < 1.29 is 9.18 Å². The van der Waals surface area contributed by atoms with Crippen molar-refractivity contribution in [3.63, 3.8) is 0 Å². The molecule has 0 saturated carbocycles. The highest BCUT2D eigenvalue weighted by atomic mass is 32.2. The summed E-state index contributed by atoms with van der Waals surface area (Å²) in [6.07, 6.45) is 0. The summed E-state index contributed by atoms with van der Waals surface area (Å²) in [6, 6.07) is 13.2. The number of nitrogens with one attached hydrogen (secondary N) is 1. The molecule has 0 aromatic heterocycles. The highest BCUT2D eigenvalue weighted by Crippen LogP contribution is 2.21. The molecular weight excluding hydrogens is 263 g/mol. The van der Waals surface area contributed by atoms with E-state index in [2.05, 4.69) is 5.32 Å². The Bertz CT molecular complexity index is 572. The highest BCUT2D eigenvalue weighted by molar-refractivity contribution is 8.00. The van der Waals surface area contributed by atoms with Crippen LogP contribution in [0.4, 0.5) is 15.8 Å². The predicted molar refractivity (Wildman–Crippen MR) is 76.6 cm³/mol. The molecule has 0 aliphatic heterocycles. The Kier molecular flexibility index (Phi) is 4.41. The monoisotopic (exact) mass is 276 g/mol. The lowest BCUT2D eigenvalue weighted by Gasteiger charge is -2.06. The molecule has 19 heavy (non-hydrogen) atoms. The van der Waals surface area contributed by atoms with Gasteiger partial charge in [-0.3, -0.25) is 4.79 Å². The van der Waals surface area contributed by atoms with Crippen molar-refractivity contribution in [3.8, 4) is 0 Å². The number of carbonyl (C=O) groups is 1. The number of halogens is 1. The van der Waals surface area contributed by atoms with Crippen molar-refractivity contribution in [2.24, 2.45) is 0 Å². The second kappa shape index (κ2) is 6.24. The van der Waals surface area contributed by atoms with Gasteiger partial charge in [0.1, 0.15) is 5.82 Å². The van der Waals surface area contributed by atoms with Crippen LogP contribution in [0.1, 0.15) is 0 Å². The summed E-state index contributed by atoms with van der Waals surface area (Å²) in [5, 5.41) is 2.72. The largest absolute Gasteiger partial charge is 0.399 e. The fraction of sp³-hybridized carbons (Fsp3) is 0.0714. The van der Waals surface area contributed by atoms with Gasteiger partial charge < -0.3 is 11.1 Å². The number of hydrogen-bond acceptors (Lipinski definition) is 3. The van der Waals surface area contributed by atoms with Crippen molar-refractivity contribution in [3.05, 3.63) is 54.3 Å². The van der Waals surface area contributed by atoms with Gasteiger partial charge in [0, 0.05) is 16.3 Å². The molecule has 3 N–H and O–H groups in total. The van der Waals surface area contributed by atoms with Crippen LogP contribution in [0.2, 0.25) is 0 Å². The molecule has 0 unspecified atom stereocenters. The number of benzene rings is 2. The summed E-state index contributed by atoms with van der Waals surface area (Å²) in [7, 11) is 0. The van der Waals surface area contributed by atoms with Gasteiger partial charge in [-0.05, 0) is 36.4 Å². The molecule has 98 valence electrons. The third-order valence-electron chi connectivity index (χ3n) is 2.39. The molecule has 2 aromatic rings. The number of amides is 1. The molecule has 0 fully saturated rings. The highest BCUT2D eigenvalue weighted by Gasteiger charge is 2.06. The molecule has 0 heterocycles. The second-order valence-electron chi connectivity index (χ2n) is 3.89. The number of rotatable bonds is 4. The molecule has 2 rings (SSSR count). The van der Waals surface area contributed by atoms with Crippen molar-refractivity contribution >= 4 is 29.0 Å². The number of thioether (sulfide) groups is 1. The maximum absolute atomic E-state index is 13.3. The summed E-state index contributed by atoms with van der Waals surface area (Å²) in [4.78, 5) is 12.2. The fourth-order valence-corrected chi connectivity index (χ4v) is 2.21. The van der Waals surface area contributed by atoms with Crippen LogP contribution >= 0.6 is 11.8 Å². The van der Waals surface area contributed by atoms with E-state index < -0.39 is 0 Å². The maximum Gasteiger partial charge on any atom is 0.234 e. The lowest BCUT2D eigenvalue weighted by Crippen LogP contribution is -2.14. The third kappa shape index (κ3) is 3.99. The first-order valence-corrected chi connectivity index (χ1v) is 6.66. The number of hydrogen-bond donors (Lipinski definition) is 2. The first-order valence-electron chi connectivity index (χ1n) is 5.68. The maximum atomic E-state index is 13.3. The molecule has 0 aliphatic rings. The summed E-state index contributed by atoms with van der Waals surface area (Å²) >= 11 is 1.17. The number of nitrogen functional groups attached to an aromatic ring is 1. The van der Waals surface area contributed by atoms with Gasteiger partial charge in [0.05, 0.1) is 5.75 Å². The normalized spacial score (nSPS) is 10.2. The first-order chi connectivity index (χ1) is 9.15. The van der Waals surface area contributed by atoms with E-state index in [1.165, 1.54) is 17.8 Å². The molecule has 0 atom stereocenters. The van der Waals surface area contributed by atoms with E-state index in [0.717, 1.165) is 0 Å². The van der Waals surface area contributed by atoms with Crippen molar-refractivity contribution in [2.75, 3.05) is 16.8 Å². The smallest absolute Gasteiger partial charge is 0.234 e. The Labute approximate surface area is 115 Å². The van der Waals surface area contributed by atoms with Crippen LogP contribution in [0.15, 0.2) is 53.4 Å². The molecule has 5 heteroatoms. The Morgan fingerprint density at radius 2 is 1.84 bits per heavy atom. The van der Waals surface area contributed by atoms with Crippen LogP contribution in [-0.4, -0.2) is 11.7 Å². The summed E-state index contributed by atoms with van der Waals surface area (Å²) in [6.45, 7) is 0. The minimum Gasteiger partial charge on any atom is -0.399 e.